The zero-order valence-corrected chi connectivity index (χ0v) is 13.8. The summed E-state index contributed by atoms with van der Waals surface area (Å²) in [6.45, 7) is 4.71. The highest BCUT2D eigenvalue weighted by Gasteiger charge is 2.16. The van der Waals surface area contributed by atoms with Crippen molar-refractivity contribution in [1.82, 2.24) is 4.90 Å². The number of aliphatic hydroxyl groups excluding tert-OH is 1. The largest absolute Gasteiger partial charge is 0.391 e. The molecule has 118 valence electrons. The van der Waals surface area contributed by atoms with Gasteiger partial charge in [0.05, 0.1) is 33.8 Å². The molecular formula is C16H33N2O2+. The molecule has 0 aliphatic carbocycles. The summed E-state index contributed by atoms with van der Waals surface area (Å²) in [7, 11) is 6.01. The Labute approximate surface area is 124 Å². The van der Waals surface area contributed by atoms with Crippen molar-refractivity contribution in [1.29, 1.82) is 0 Å². The van der Waals surface area contributed by atoms with Gasteiger partial charge in [-0.2, -0.15) is 0 Å². The molecule has 0 rings (SSSR count). The highest BCUT2D eigenvalue weighted by atomic mass is 16.3. The zero-order valence-electron chi connectivity index (χ0n) is 13.8. The van der Waals surface area contributed by atoms with Crippen molar-refractivity contribution in [2.45, 2.75) is 39.0 Å². The van der Waals surface area contributed by atoms with E-state index in [2.05, 4.69) is 33.2 Å². The Morgan fingerprint density at radius 3 is 2.45 bits per heavy atom. The quantitative estimate of drug-likeness (QED) is 0.358. The molecule has 0 unspecified atom stereocenters. The number of carbonyl (C=O) groups is 1. The Balaban J connectivity index is 3.84. The number of aliphatic hydroxyl groups is 1. The van der Waals surface area contributed by atoms with Gasteiger partial charge in [0.1, 0.15) is 6.54 Å². The van der Waals surface area contributed by atoms with Crippen LogP contribution in [0, 0.1) is 0 Å². The first kappa shape index (κ1) is 19.1. The first-order chi connectivity index (χ1) is 9.43. The zero-order chi connectivity index (χ0) is 15.4. The topological polar surface area (TPSA) is 40.5 Å². The van der Waals surface area contributed by atoms with E-state index in [4.69, 9.17) is 5.11 Å². The summed E-state index contributed by atoms with van der Waals surface area (Å²) in [4.78, 5) is 13.7. The normalized spacial score (nSPS) is 12.1. The van der Waals surface area contributed by atoms with Gasteiger partial charge in [0.15, 0.2) is 0 Å². The second-order valence-electron chi connectivity index (χ2n) is 6.07. The molecule has 1 amide bonds. The molecule has 0 aliphatic rings. The summed E-state index contributed by atoms with van der Waals surface area (Å²) in [5.74, 6) is 0.203. The Morgan fingerprint density at radius 1 is 1.20 bits per heavy atom. The summed E-state index contributed by atoms with van der Waals surface area (Å²) in [6.07, 6.45) is 9.28. The number of carbonyl (C=O) groups excluding carboxylic acids is 1. The molecule has 4 nitrogen and oxygen atoms in total. The third kappa shape index (κ3) is 9.98. The number of hydrogen-bond acceptors (Lipinski definition) is 2. The fraction of sp³-hybridized carbons (Fsp3) is 0.812. The summed E-state index contributed by atoms with van der Waals surface area (Å²) in [6, 6.07) is 0. The van der Waals surface area contributed by atoms with Crippen molar-refractivity contribution in [3.05, 3.63) is 12.2 Å². The first-order valence-electron chi connectivity index (χ1n) is 7.74. The minimum atomic E-state index is 0.188. The monoisotopic (exact) mass is 285 g/mol. The van der Waals surface area contributed by atoms with Gasteiger partial charge in [-0.15, -0.1) is 0 Å². The van der Waals surface area contributed by atoms with Crippen LogP contribution in [0.4, 0.5) is 0 Å². The fourth-order valence-electron chi connectivity index (χ4n) is 1.88. The van der Waals surface area contributed by atoms with Gasteiger partial charge >= 0.3 is 0 Å². The highest BCUT2D eigenvalue weighted by molar-refractivity contribution is 5.75. The van der Waals surface area contributed by atoms with Crippen LogP contribution in [0.25, 0.3) is 0 Å². The molecule has 20 heavy (non-hydrogen) atoms. The predicted octanol–water partition coefficient (Wildman–Crippen LogP) is 2.04. The van der Waals surface area contributed by atoms with Crippen LogP contribution in [-0.4, -0.2) is 67.8 Å². The standard InChI is InChI=1S/C16H33N2O2/c1-5-6-7-8-9-10-11-16(20)17(2)12-13-18(3,4)14-15-19/h8-9,19H,5-7,10-15H2,1-4H3/q+1/b9-8+. The molecule has 0 heterocycles. The molecule has 0 aliphatic heterocycles. The fourth-order valence-corrected chi connectivity index (χ4v) is 1.88. The van der Waals surface area contributed by atoms with E-state index < -0.39 is 0 Å². The van der Waals surface area contributed by atoms with Crippen molar-refractivity contribution in [2.75, 3.05) is 47.4 Å². The molecule has 0 aromatic rings. The summed E-state index contributed by atoms with van der Waals surface area (Å²) in [5.41, 5.74) is 0. The van der Waals surface area contributed by atoms with E-state index in [0.29, 0.717) is 6.42 Å². The molecule has 0 fully saturated rings. The van der Waals surface area contributed by atoms with Crippen molar-refractivity contribution < 1.29 is 14.4 Å². The minimum absolute atomic E-state index is 0.188. The van der Waals surface area contributed by atoms with Crippen LogP contribution >= 0.6 is 0 Å². The van der Waals surface area contributed by atoms with Gasteiger partial charge in [0, 0.05) is 13.5 Å². The third-order valence-corrected chi connectivity index (χ3v) is 3.59. The average molecular weight is 285 g/mol. The van der Waals surface area contributed by atoms with Crippen molar-refractivity contribution in [3.63, 3.8) is 0 Å². The van der Waals surface area contributed by atoms with Crippen LogP contribution in [0.2, 0.25) is 0 Å². The summed E-state index contributed by atoms with van der Waals surface area (Å²) in [5, 5.41) is 8.98. The van der Waals surface area contributed by atoms with E-state index in [0.717, 1.165) is 37.0 Å². The Kier molecular flexibility index (Phi) is 10.4. The number of nitrogens with zero attached hydrogens (tertiary/aromatic N) is 2. The van der Waals surface area contributed by atoms with Crippen LogP contribution in [-0.2, 0) is 4.79 Å². The molecule has 0 atom stereocenters. The molecule has 4 heteroatoms. The van der Waals surface area contributed by atoms with Gasteiger partial charge < -0.3 is 14.5 Å². The Morgan fingerprint density at radius 2 is 1.85 bits per heavy atom. The van der Waals surface area contributed by atoms with Gasteiger partial charge in [-0.1, -0.05) is 31.9 Å². The lowest BCUT2D eigenvalue weighted by molar-refractivity contribution is -0.890. The molecular weight excluding hydrogens is 252 g/mol. The minimum Gasteiger partial charge on any atom is -0.391 e. The maximum Gasteiger partial charge on any atom is 0.222 e. The molecule has 0 aromatic heterocycles. The van der Waals surface area contributed by atoms with Gasteiger partial charge in [0.25, 0.3) is 0 Å². The van der Waals surface area contributed by atoms with Gasteiger partial charge in [0.2, 0.25) is 5.91 Å². The van der Waals surface area contributed by atoms with E-state index in [1.807, 2.05) is 7.05 Å². The number of likely N-dealkylation sites (N-methyl/N-ethyl adjacent to an activating group) is 2. The van der Waals surface area contributed by atoms with Crippen LogP contribution in [0.1, 0.15) is 39.0 Å². The predicted molar refractivity (Wildman–Crippen MR) is 84.5 cm³/mol. The van der Waals surface area contributed by atoms with Gasteiger partial charge in [-0.05, 0) is 12.8 Å². The molecule has 0 bridgehead atoms. The highest BCUT2D eigenvalue weighted by Crippen LogP contribution is 2.02. The lowest BCUT2D eigenvalue weighted by Gasteiger charge is -2.31. The smallest absolute Gasteiger partial charge is 0.222 e. The van der Waals surface area contributed by atoms with Crippen molar-refractivity contribution in [2.24, 2.45) is 0 Å². The Bertz CT molecular complexity index is 288. The molecule has 0 radical (unpaired) electrons. The number of quaternary nitrogens is 1. The lowest BCUT2D eigenvalue weighted by Crippen LogP contribution is -2.47. The van der Waals surface area contributed by atoms with Crippen molar-refractivity contribution in [3.8, 4) is 0 Å². The lowest BCUT2D eigenvalue weighted by atomic mass is 10.2. The maximum absolute atomic E-state index is 11.9. The first-order valence-corrected chi connectivity index (χ1v) is 7.74. The second-order valence-corrected chi connectivity index (χ2v) is 6.07. The summed E-state index contributed by atoms with van der Waals surface area (Å²) >= 11 is 0. The van der Waals surface area contributed by atoms with Gasteiger partial charge in [-0.3, -0.25) is 4.79 Å². The number of amides is 1. The maximum atomic E-state index is 11.9. The Hall–Kier alpha value is -0.870. The van der Waals surface area contributed by atoms with Crippen LogP contribution in [0.15, 0.2) is 12.2 Å². The van der Waals surface area contributed by atoms with Crippen LogP contribution in [0.3, 0.4) is 0 Å². The molecule has 0 saturated carbocycles. The number of unbranched alkanes of at least 4 members (excludes halogenated alkanes) is 2. The van der Waals surface area contributed by atoms with Crippen molar-refractivity contribution >= 4 is 5.91 Å². The third-order valence-electron chi connectivity index (χ3n) is 3.59. The summed E-state index contributed by atoms with van der Waals surface area (Å²) < 4.78 is 0.741. The molecule has 0 saturated heterocycles. The molecule has 0 spiro atoms. The average Bonchev–Trinajstić information content (AvgIpc) is 2.39. The molecule has 1 N–H and O–H groups in total. The SMILES string of the molecule is CCCC/C=C/CCC(=O)N(C)CC[N+](C)(C)CCO. The number of rotatable bonds is 11. The van der Waals surface area contributed by atoms with E-state index in [9.17, 15) is 4.79 Å². The molecule has 0 aromatic carbocycles. The van der Waals surface area contributed by atoms with E-state index in [1.54, 1.807) is 4.90 Å². The van der Waals surface area contributed by atoms with Crippen LogP contribution in [0.5, 0.6) is 0 Å². The van der Waals surface area contributed by atoms with Crippen LogP contribution < -0.4 is 0 Å². The number of hydrogen-bond donors (Lipinski definition) is 1. The van der Waals surface area contributed by atoms with E-state index in [-0.39, 0.29) is 12.5 Å². The number of allylic oxidation sites excluding steroid dienone is 2. The van der Waals surface area contributed by atoms with Gasteiger partial charge in [-0.25, -0.2) is 0 Å². The second kappa shape index (κ2) is 10.9. The van der Waals surface area contributed by atoms with E-state index in [1.165, 1.54) is 12.8 Å². The van der Waals surface area contributed by atoms with E-state index >= 15 is 0 Å².